The molecule has 0 unspecified atom stereocenters. The second kappa shape index (κ2) is 12.6. The first-order valence-corrected chi connectivity index (χ1v) is 13.1. The van der Waals surface area contributed by atoms with Gasteiger partial charge in [0.25, 0.3) is 0 Å². The number of fused-ring (bicyclic) bond motifs is 1. The number of aromatic nitrogens is 2. The van der Waals surface area contributed by atoms with Gasteiger partial charge >= 0.3 is 5.97 Å². The fourth-order valence-corrected chi connectivity index (χ4v) is 4.85. The Morgan fingerprint density at radius 2 is 1.94 bits per heavy atom. The Kier molecular flexibility index (Phi) is 9.06. The van der Waals surface area contributed by atoms with E-state index < -0.39 is 5.97 Å². The van der Waals surface area contributed by atoms with Gasteiger partial charge in [-0.1, -0.05) is 43.7 Å². The van der Waals surface area contributed by atoms with E-state index in [2.05, 4.69) is 47.6 Å². The molecule has 0 saturated carbocycles. The lowest BCUT2D eigenvalue weighted by Gasteiger charge is -2.11. The number of aliphatic carboxylic acids is 1. The van der Waals surface area contributed by atoms with Gasteiger partial charge in [-0.2, -0.15) is 0 Å². The van der Waals surface area contributed by atoms with Crippen LogP contribution in [0.4, 0.5) is 0 Å². The number of nitrogens with zero attached hydrogens (tertiary/aromatic N) is 2. The second-order valence-electron chi connectivity index (χ2n) is 9.70. The van der Waals surface area contributed by atoms with Crippen LogP contribution in [0.25, 0.3) is 11.4 Å². The van der Waals surface area contributed by atoms with E-state index in [1.54, 1.807) is 0 Å². The highest BCUT2D eigenvalue weighted by atomic mass is 16.5. The van der Waals surface area contributed by atoms with Gasteiger partial charge in [0, 0.05) is 17.8 Å². The van der Waals surface area contributed by atoms with E-state index in [1.807, 2.05) is 25.1 Å². The van der Waals surface area contributed by atoms with Crippen molar-refractivity contribution in [2.45, 2.75) is 71.3 Å². The maximum atomic E-state index is 11.1. The van der Waals surface area contributed by atoms with Crippen molar-refractivity contribution in [1.29, 1.82) is 0 Å². The van der Waals surface area contributed by atoms with Gasteiger partial charge in [-0.3, -0.25) is 4.79 Å². The number of carboxylic acids is 1. The van der Waals surface area contributed by atoms with Crippen molar-refractivity contribution in [2.75, 3.05) is 13.2 Å². The van der Waals surface area contributed by atoms with Crippen LogP contribution >= 0.6 is 0 Å². The highest BCUT2D eigenvalue weighted by Crippen LogP contribution is 2.37. The zero-order valence-corrected chi connectivity index (χ0v) is 21.4. The summed E-state index contributed by atoms with van der Waals surface area (Å²) in [6.45, 7) is 6.37. The molecular weight excluding hydrogens is 450 g/mol. The van der Waals surface area contributed by atoms with Gasteiger partial charge in [-0.15, -0.1) is 0 Å². The van der Waals surface area contributed by atoms with E-state index in [0.717, 1.165) is 60.8 Å². The first-order chi connectivity index (χ1) is 17.5. The van der Waals surface area contributed by atoms with Gasteiger partial charge in [-0.05, 0) is 86.4 Å². The van der Waals surface area contributed by atoms with Gasteiger partial charge in [-0.25, -0.2) is 9.97 Å². The number of benzene rings is 2. The van der Waals surface area contributed by atoms with Crippen LogP contribution in [-0.4, -0.2) is 34.2 Å². The van der Waals surface area contributed by atoms with E-state index in [9.17, 15) is 4.79 Å². The third-order valence-corrected chi connectivity index (χ3v) is 6.75. The molecule has 6 heteroatoms. The number of aryl methyl sites for hydroxylation is 3. The lowest BCUT2D eigenvalue weighted by atomic mass is 9.98. The molecular formula is C30H37N3O3. The van der Waals surface area contributed by atoms with Crippen LogP contribution in [0, 0.1) is 6.92 Å². The molecule has 0 spiro atoms. The van der Waals surface area contributed by atoms with E-state index in [0.29, 0.717) is 13.2 Å². The first kappa shape index (κ1) is 25.8. The Morgan fingerprint density at radius 1 is 1.11 bits per heavy atom. The molecule has 1 aliphatic carbocycles. The van der Waals surface area contributed by atoms with Crippen LogP contribution in [0.3, 0.4) is 0 Å². The summed E-state index contributed by atoms with van der Waals surface area (Å²) in [5.41, 5.74) is 6.76. The third kappa shape index (κ3) is 7.14. The predicted octanol–water partition coefficient (Wildman–Crippen LogP) is 5.86. The van der Waals surface area contributed by atoms with Gasteiger partial charge < -0.3 is 15.2 Å². The first-order valence-electron chi connectivity index (χ1n) is 13.1. The number of hydrogen-bond donors (Lipinski definition) is 2. The van der Waals surface area contributed by atoms with Crippen LogP contribution in [0.15, 0.2) is 48.5 Å². The molecule has 0 amide bonds. The Bertz CT molecular complexity index is 1160. The summed E-state index contributed by atoms with van der Waals surface area (Å²) in [4.78, 5) is 20.5. The number of ether oxygens (including phenoxy) is 1. The molecule has 0 aliphatic heterocycles. The Balaban J connectivity index is 1.22. The number of rotatable bonds is 13. The summed E-state index contributed by atoms with van der Waals surface area (Å²) in [6.07, 6.45) is 6.45. The summed E-state index contributed by atoms with van der Waals surface area (Å²) in [5, 5.41) is 12.6. The molecule has 0 bridgehead atoms. The number of carboxylic acid groups (broad SMARTS) is 1. The molecule has 2 aromatic carbocycles. The SMILES string of the molecule is CCCCc1ccc(-c2nc(C)cc(CNCCCOc3ccc4c(c3)CC[C@H]4CC(=O)O)n2)cc1. The smallest absolute Gasteiger partial charge is 0.303 e. The molecule has 1 heterocycles. The molecule has 0 saturated heterocycles. The highest BCUT2D eigenvalue weighted by Gasteiger charge is 2.24. The van der Waals surface area contributed by atoms with Crippen LogP contribution < -0.4 is 10.1 Å². The fraction of sp³-hybridized carbons (Fsp3) is 0.433. The standard InChI is InChI=1S/C30H37N3O3/c1-3-4-6-22-7-9-23(10-8-22)30-32-21(2)17-26(33-30)20-31-15-5-16-36-27-13-14-28-24(18-27)11-12-25(28)19-29(34)35/h7-10,13-14,17-18,25,31H,3-6,11-12,15-16,19-20H2,1-2H3,(H,34,35)/t25-/m0/s1. The van der Waals surface area contributed by atoms with Gasteiger partial charge in [0.15, 0.2) is 5.82 Å². The number of carbonyl (C=O) groups is 1. The summed E-state index contributed by atoms with van der Waals surface area (Å²) < 4.78 is 5.95. The molecule has 1 atom stereocenters. The monoisotopic (exact) mass is 487 g/mol. The van der Waals surface area contributed by atoms with Crippen LogP contribution in [0.5, 0.6) is 5.75 Å². The molecule has 0 radical (unpaired) electrons. The van der Waals surface area contributed by atoms with Crippen molar-refractivity contribution >= 4 is 5.97 Å². The minimum Gasteiger partial charge on any atom is -0.494 e. The molecule has 4 rings (SSSR count). The summed E-state index contributed by atoms with van der Waals surface area (Å²) in [5.74, 6) is 1.04. The van der Waals surface area contributed by atoms with E-state index in [-0.39, 0.29) is 12.3 Å². The highest BCUT2D eigenvalue weighted by molar-refractivity contribution is 5.68. The van der Waals surface area contributed by atoms with Crippen molar-refractivity contribution in [1.82, 2.24) is 15.3 Å². The Morgan fingerprint density at radius 3 is 2.72 bits per heavy atom. The number of unbranched alkanes of at least 4 members (excludes halogenated alkanes) is 1. The molecule has 2 N–H and O–H groups in total. The average Bonchev–Trinajstić information content (AvgIpc) is 3.26. The van der Waals surface area contributed by atoms with Crippen LogP contribution in [0.2, 0.25) is 0 Å². The Hall–Kier alpha value is -3.25. The third-order valence-electron chi connectivity index (χ3n) is 6.75. The van der Waals surface area contributed by atoms with Crippen molar-refractivity contribution in [3.8, 4) is 17.1 Å². The summed E-state index contributed by atoms with van der Waals surface area (Å²) >= 11 is 0. The summed E-state index contributed by atoms with van der Waals surface area (Å²) in [6, 6.07) is 16.7. The zero-order chi connectivity index (χ0) is 25.3. The quantitative estimate of drug-likeness (QED) is 0.294. The van der Waals surface area contributed by atoms with Gasteiger partial charge in [0.1, 0.15) is 5.75 Å². The van der Waals surface area contributed by atoms with E-state index >= 15 is 0 Å². The van der Waals surface area contributed by atoms with Gasteiger partial charge in [0.05, 0.1) is 18.7 Å². The average molecular weight is 488 g/mol. The molecule has 1 aromatic heterocycles. The normalized spacial score (nSPS) is 14.6. The molecule has 1 aliphatic rings. The maximum Gasteiger partial charge on any atom is 0.303 e. The molecule has 190 valence electrons. The molecule has 6 nitrogen and oxygen atoms in total. The fourth-order valence-electron chi connectivity index (χ4n) is 4.85. The molecule has 0 fully saturated rings. The van der Waals surface area contributed by atoms with Gasteiger partial charge in [0.2, 0.25) is 0 Å². The number of nitrogens with one attached hydrogen (secondary N) is 1. The minimum atomic E-state index is -0.731. The predicted molar refractivity (Wildman–Crippen MR) is 142 cm³/mol. The zero-order valence-electron chi connectivity index (χ0n) is 21.4. The lowest BCUT2D eigenvalue weighted by molar-refractivity contribution is -0.137. The number of hydrogen-bond acceptors (Lipinski definition) is 5. The van der Waals surface area contributed by atoms with Crippen LogP contribution in [0.1, 0.15) is 73.0 Å². The van der Waals surface area contributed by atoms with Crippen LogP contribution in [-0.2, 0) is 24.2 Å². The van der Waals surface area contributed by atoms with E-state index in [4.69, 9.17) is 14.8 Å². The van der Waals surface area contributed by atoms with Crippen molar-refractivity contribution in [2.24, 2.45) is 0 Å². The largest absolute Gasteiger partial charge is 0.494 e. The lowest BCUT2D eigenvalue weighted by Crippen LogP contribution is -2.18. The second-order valence-corrected chi connectivity index (χ2v) is 9.70. The topological polar surface area (TPSA) is 84.3 Å². The Labute approximate surface area is 214 Å². The van der Waals surface area contributed by atoms with Crippen molar-refractivity contribution in [3.63, 3.8) is 0 Å². The van der Waals surface area contributed by atoms with E-state index in [1.165, 1.54) is 29.5 Å². The van der Waals surface area contributed by atoms with Crippen molar-refractivity contribution in [3.05, 3.63) is 76.6 Å². The minimum absolute atomic E-state index is 0.131. The molecule has 3 aromatic rings. The maximum absolute atomic E-state index is 11.1. The van der Waals surface area contributed by atoms with Crippen molar-refractivity contribution < 1.29 is 14.6 Å². The summed E-state index contributed by atoms with van der Waals surface area (Å²) in [7, 11) is 0. The molecule has 36 heavy (non-hydrogen) atoms.